The van der Waals surface area contributed by atoms with Crippen molar-refractivity contribution >= 4 is 11.9 Å². The van der Waals surface area contributed by atoms with Crippen LogP contribution in [0.25, 0.3) is 0 Å². The second kappa shape index (κ2) is 6.88. The summed E-state index contributed by atoms with van der Waals surface area (Å²) in [5.41, 5.74) is 1.68. The molecule has 0 saturated heterocycles. The Morgan fingerprint density at radius 2 is 1.68 bits per heavy atom. The van der Waals surface area contributed by atoms with Crippen LogP contribution in [0.2, 0.25) is 0 Å². The van der Waals surface area contributed by atoms with Gasteiger partial charge < -0.3 is 9.47 Å². The van der Waals surface area contributed by atoms with Gasteiger partial charge in [-0.3, -0.25) is 9.59 Å². The van der Waals surface area contributed by atoms with Gasteiger partial charge in [-0.25, -0.2) is 0 Å². The van der Waals surface area contributed by atoms with Crippen molar-refractivity contribution in [1.82, 2.24) is 0 Å². The molecule has 0 unspecified atom stereocenters. The number of rotatable bonds is 2. The van der Waals surface area contributed by atoms with Gasteiger partial charge in [0, 0.05) is 19.3 Å². The first kappa shape index (κ1) is 20.0. The van der Waals surface area contributed by atoms with Gasteiger partial charge in [0.15, 0.2) is 0 Å². The molecule has 4 fully saturated rings. The first-order valence-corrected chi connectivity index (χ1v) is 11.2. The van der Waals surface area contributed by atoms with Crippen molar-refractivity contribution in [2.45, 2.75) is 91.3 Å². The van der Waals surface area contributed by atoms with Crippen LogP contribution in [0.1, 0.15) is 79.1 Å². The van der Waals surface area contributed by atoms with Gasteiger partial charge in [-0.15, -0.1) is 0 Å². The summed E-state index contributed by atoms with van der Waals surface area (Å²) in [6.07, 6.45) is 8.81. The van der Waals surface area contributed by atoms with Crippen molar-refractivity contribution < 1.29 is 19.1 Å². The van der Waals surface area contributed by atoms with Crippen LogP contribution in [0.5, 0.6) is 0 Å². The van der Waals surface area contributed by atoms with Gasteiger partial charge in [-0.05, 0) is 80.5 Å². The summed E-state index contributed by atoms with van der Waals surface area (Å²) in [7, 11) is 0. The zero-order chi connectivity index (χ0) is 20.3. The molecule has 4 aliphatic carbocycles. The predicted octanol–water partition coefficient (Wildman–Crippen LogP) is 5.06. The summed E-state index contributed by atoms with van der Waals surface area (Å²) in [6, 6.07) is 0. The molecule has 0 aromatic carbocycles. The minimum absolute atomic E-state index is 0.0398. The van der Waals surface area contributed by atoms with Crippen LogP contribution in [0.15, 0.2) is 12.2 Å². The van der Waals surface area contributed by atoms with E-state index < -0.39 is 0 Å². The van der Waals surface area contributed by atoms with Crippen LogP contribution >= 0.6 is 0 Å². The third-order valence-corrected chi connectivity index (χ3v) is 9.00. The molecule has 4 aliphatic rings. The fraction of sp³-hybridized carbons (Fsp3) is 0.833. The minimum atomic E-state index is -0.154. The molecule has 0 radical (unpaired) electrons. The number of carbonyl (C=O) groups is 2. The number of allylic oxidation sites excluding steroid dienone is 1. The van der Waals surface area contributed by atoms with E-state index in [0.717, 1.165) is 32.1 Å². The molecule has 8 atom stereocenters. The molecule has 4 saturated carbocycles. The highest BCUT2D eigenvalue weighted by molar-refractivity contribution is 5.66. The summed E-state index contributed by atoms with van der Waals surface area (Å²) in [6.45, 7) is 12.5. The number of hydrogen-bond acceptors (Lipinski definition) is 4. The van der Waals surface area contributed by atoms with Crippen molar-refractivity contribution in [3.8, 4) is 0 Å². The maximum absolute atomic E-state index is 11.6. The van der Waals surface area contributed by atoms with Crippen LogP contribution in [-0.4, -0.2) is 24.1 Å². The lowest BCUT2D eigenvalue weighted by atomic mass is 9.44. The minimum Gasteiger partial charge on any atom is -0.463 e. The zero-order valence-electron chi connectivity index (χ0n) is 18.0. The van der Waals surface area contributed by atoms with Gasteiger partial charge in [-0.1, -0.05) is 26.0 Å². The Labute approximate surface area is 169 Å². The first-order valence-electron chi connectivity index (χ1n) is 11.2. The van der Waals surface area contributed by atoms with E-state index in [1.165, 1.54) is 38.7 Å². The summed E-state index contributed by atoms with van der Waals surface area (Å²) < 4.78 is 11.3. The van der Waals surface area contributed by atoms with Crippen LogP contribution in [0.3, 0.4) is 0 Å². The monoisotopic (exact) mass is 388 g/mol. The highest BCUT2D eigenvalue weighted by Gasteiger charge is 2.62. The van der Waals surface area contributed by atoms with E-state index in [0.29, 0.717) is 23.7 Å². The van der Waals surface area contributed by atoms with Crippen molar-refractivity contribution in [2.24, 2.45) is 34.5 Å². The Balaban J connectivity index is 1.57. The number of carbonyl (C=O) groups excluding carboxylic acids is 2. The maximum Gasteiger partial charge on any atom is 0.302 e. The summed E-state index contributed by atoms with van der Waals surface area (Å²) in [4.78, 5) is 23.1. The standard InChI is InChI=1S/C24H36O4/c1-14-13-24(5)20(8-9-21(24)28-16(3)26)19-7-6-17-12-18(27-15(2)25)10-11-23(17,4)22(14)19/h17-22H,1,6-13H2,2-5H3/t17-,18+,19-,20+,21+,22-,23+,24-/m0/s1. The second-order valence-corrected chi connectivity index (χ2v) is 10.6. The van der Waals surface area contributed by atoms with Crippen molar-refractivity contribution in [1.29, 1.82) is 0 Å². The third kappa shape index (κ3) is 3.02. The molecule has 0 heterocycles. The molecule has 0 spiro atoms. The lowest BCUT2D eigenvalue weighted by molar-refractivity contribution is -0.160. The Morgan fingerprint density at radius 1 is 0.964 bits per heavy atom. The lowest BCUT2D eigenvalue weighted by Crippen LogP contribution is -2.55. The van der Waals surface area contributed by atoms with Crippen molar-refractivity contribution in [2.75, 3.05) is 0 Å². The van der Waals surface area contributed by atoms with Gasteiger partial charge in [0.25, 0.3) is 0 Å². The number of fused-ring (bicyclic) bond motifs is 5. The molecule has 0 aromatic rings. The highest BCUT2D eigenvalue weighted by atomic mass is 16.5. The van der Waals surface area contributed by atoms with E-state index in [4.69, 9.17) is 9.47 Å². The largest absolute Gasteiger partial charge is 0.463 e. The normalized spacial score (nSPS) is 47.5. The average molecular weight is 389 g/mol. The van der Waals surface area contributed by atoms with E-state index in [9.17, 15) is 9.59 Å². The maximum atomic E-state index is 11.6. The lowest BCUT2D eigenvalue weighted by Gasteiger charge is -2.61. The van der Waals surface area contributed by atoms with E-state index in [1.807, 2.05) is 0 Å². The molecular weight excluding hydrogens is 352 g/mol. The van der Waals surface area contributed by atoms with E-state index in [-0.39, 0.29) is 35.0 Å². The van der Waals surface area contributed by atoms with Gasteiger partial charge in [-0.2, -0.15) is 0 Å². The molecule has 0 bridgehead atoms. The van der Waals surface area contributed by atoms with Crippen molar-refractivity contribution in [3.05, 3.63) is 12.2 Å². The fourth-order valence-electron chi connectivity index (χ4n) is 8.00. The predicted molar refractivity (Wildman–Crippen MR) is 107 cm³/mol. The molecule has 0 aliphatic heterocycles. The van der Waals surface area contributed by atoms with Crippen LogP contribution in [0.4, 0.5) is 0 Å². The third-order valence-electron chi connectivity index (χ3n) is 9.00. The smallest absolute Gasteiger partial charge is 0.302 e. The molecule has 0 amide bonds. The van der Waals surface area contributed by atoms with Gasteiger partial charge in [0.05, 0.1) is 0 Å². The SMILES string of the molecule is C=C1C[C@@]2(C)[C@H](CC[C@H]2OC(C)=O)[C@@H]2CC[C@H]3C[C@H](OC(C)=O)CC[C@@]3(C)[C@@H]12. The molecule has 4 rings (SSSR count). The quantitative estimate of drug-likeness (QED) is 0.490. The molecule has 0 aromatic heterocycles. The van der Waals surface area contributed by atoms with Crippen molar-refractivity contribution in [3.63, 3.8) is 0 Å². The molecule has 0 N–H and O–H groups in total. The fourth-order valence-corrected chi connectivity index (χ4v) is 8.00. The Hall–Kier alpha value is -1.32. The van der Waals surface area contributed by atoms with Gasteiger partial charge in [0.2, 0.25) is 0 Å². The second-order valence-electron chi connectivity index (χ2n) is 10.6. The summed E-state index contributed by atoms with van der Waals surface area (Å²) >= 11 is 0. The molecule has 4 heteroatoms. The average Bonchev–Trinajstić information content (AvgIpc) is 2.90. The first-order chi connectivity index (χ1) is 13.1. The van der Waals surface area contributed by atoms with Crippen LogP contribution in [-0.2, 0) is 19.1 Å². The summed E-state index contributed by atoms with van der Waals surface area (Å²) in [5, 5.41) is 0. The Bertz CT molecular complexity index is 684. The van der Waals surface area contributed by atoms with Crippen LogP contribution < -0.4 is 0 Å². The number of ether oxygens (including phenoxy) is 2. The number of hydrogen-bond donors (Lipinski definition) is 0. The molecular formula is C24H36O4. The zero-order valence-corrected chi connectivity index (χ0v) is 18.0. The van der Waals surface area contributed by atoms with E-state index in [2.05, 4.69) is 20.4 Å². The molecule has 156 valence electrons. The van der Waals surface area contributed by atoms with E-state index in [1.54, 1.807) is 0 Å². The number of esters is 2. The Kier molecular flexibility index (Phi) is 4.91. The molecule has 28 heavy (non-hydrogen) atoms. The highest BCUT2D eigenvalue weighted by Crippen LogP contribution is 2.67. The van der Waals surface area contributed by atoms with E-state index >= 15 is 0 Å². The Morgan fingerprint density at radius 3 is 2.36 bits per heavy atom. The summed E-state index contributed by atoms with van der Waals surface area (Å²) in [5.74, 6) is 2.13. The topological polar surface area (TPSA) is 52.6 Å². The van der Waals surface area contributed by atoms with Gasteiger partial charge >= 0.3 is 11.9 Å². The van der Waals surface area contributed by atoms with Gasteiger partial charge in [0.1, 0.15) is 12.2 Å². The molecule has 4 nitrogen and oxygen atoms in total. The van der Waals surface area contributed by atoms with Crippen LogP contribution in [0, 0.1) is 34.5 Å².